The van der Waals surface area contributed by atoms with Crippen LogP contribution in [0, 0.1) is 19.3 Å². The Morgan fingerprint density at radius 1 is 1.17 bits per heavy atom. The number of carbonyl (C=O) groups excluding carboxylic acids is 1. The second-order valence-corrected chi connectivity index (χ2v) is 14.2. The van der Waals surface area contributed by atoms with E-state index in [2.05, 4.69) is 38.5 Å². The fraction of sp³-hybridized carbons (Fsp3) is 0.353. The van der Waals surface area contributed by atoms with E-state index in [9.17, 15) is 9.00 Å². The first-order valence-corrected chi connectivity index (χ1v) is 17.7. The van der Waals surface area contributed by atoms with Crippen molar-refractivity contribution in [2.45, 2.75) is 57.1 Å². The van der Waals surface area contributed by atoms with Crippen LogP contribution in [0.3, 0.4) is 0 Å². The van der Waals surface area contributed by atoms with Gasteiger partial charge in [-0.25, -0.2) is 29.3 Å². The molecule has 2 aromatic carbocycles. The number of nitrogens with two attached hydrogens (primary N) is 2. The quantitative estimate of drug-likeness (QED) is 0.0672. The Morgan fingerprint density at radius 3 is 2.62 bits per heavy atom. The summed E-state index contributed by atoms with van der Waals surface area (Å²) in [5, 5.41) is 5.27. The van der Waals surface area contributed by atoms with Crippen LogP contribution in [0.25, 0.3) is 0 Å². The van der Waals surface area contributed by atoms with Gasteiger partial charge >= 0.3 is 0 Å². The number of fused-ring (bicyclic) bond motifs is 1. The maximum atomic E-state index is 14.2. The van der Waals surface area contributed by atoms with Crippen LogP contribution in [0.15, 0.2) is 71.1 Å². The Balaban J connectivity index is 1.57. The highest BCUT2D eigenvalue weighted by Gasteiger charge is 2.40. The van der Waals surface area contributed by atoms with Gasteiger partial charge in [-0.3, -0.25) is 4.79 Å². The van der Waals surface area contributed by atoms with E-state index in [1.54, 1.807) is 35.7 Å². The van der Waals surface area contributed by atoms with Crippen molar-refractivity contribution in [1.29, 1.82) is 0 Å². The lowest BCUT2D eigenvalue weighted by molar-refractivity contribution is -0.124. The average molecular weight is 675 g/mol. The Kier molecular flexibility index (Phi) is 10.5. The Morgan fingerprint density at radius 2 is 1.91 bits per heavy atom. The van der Waals surface area contributed by atoms with Crippen LogP contribution in [-0.4, -0.2) is 55.3 Å². The lowest BCUT2D eigenvalue weighted by Gasteiger charge is -2.36. The molecule has 5 rings (SSSR count). The van der Waals surface area contributed by atoms with Gasteiger partial charge in [0.2, 0.25) is 11.8 Å². The number of thioether (sulfide) groups is 1. The molecule has 0 saturated carbocycles. The molecule has 2 aromatic heterocycles. The molecule has 0 fully saturated rings. The van der Waals surface area contributed by atoms with E-state index < -0.39 is 22.3 Å². The smallest absolute Gasteiger partial charge is 0.231 e. The lowest BCUT2D eigenvalue weighted by atomic mass is 9.69. The molecule has 13 heteroatoms. The van der Waals surface area contributed by atoms with Crippen LogP contribution < -0.4 is 26.6 Å². The van der Waals surface area contributed by atoms with Gasteiger partial charge in [-0.1, -0.05) is 49.9 Å². The van der Waals surface area contributed by atoms with Crippen LogP contribution in [0.1, 0.15) is 54.5 Å². The van der Waals surface area contributed by atoms with Crippen molar-refractivity contribution >= 4 is 45.7 Å². The summed E-state index contributed by atoms with van der Waals surface area (Å²) in [6.45, 7) is 11.7. The SMILES string of the molecule is CCN(N)c1ccc(C(c2ccc(C)c(CN3CCOc4ncccc4S3=O)c2)C(C)(C)C(=O)Nc2cnc(SC)nc2)c(C)c1N. The van der Waals surface area contributed by atoms with Crippen molar-refractivity contribution in [3.63, 3.8) is 0 Å². The second kappa shape index (κ2) is 14.4. The highest BCUT2D eigenvalue weighted by atomic mass is 32.2. The number of ether oxygens (including phenoxy) is 1. The summed E-state index contributed by atoms with van der Waals surface area (Å²) in [5.41, 5.74) is 12.2. The number of amides is 1. The molecule has 1 aliphatic rings. The highest BCUT2D eigenvalue weighted by Crippen LogP contribution is 2.46. The summed E-state index contributed by atoms with van der Waals surface area (Å²) in [7, 11) is -1.46. The molecular weight excluding hydrogens is 633 g/mol. The van der Waals surface area contributed by atoms with E-state index in [0.29, 0.717) is 53.5 Å². The third kappa shape index (κ3) is 7.13. The van der Waals surface area contributed by atoms with E-state index in [1.807, 2.05) is 57.3 Å². The fourth-order valence-corrected chi connectivity index (χ4v) is 7.36. The van der Waals surface area contributed by atoms with Crippen LogP contribution in [0.4, 0.5) is 17.1 Å². The molecule has 0 bridgehead atoms. The average Bonchev–Trinajstić information content (AvgIpc) is 3.22. The number of pyridine rings is 1. The molecule has 47 heavy (non-hydrogen) atoms. The number of carbonyl (C=O) groups is 1. The zero-order valence-corrected chi connectivity index (χ0v) is 29.2. The van der Waals surface area contributed by atoms with Crippen LogP contribution in [0.2, 0.25) is 0 Å². The molecule has 0 aliphatic carbocycles. The zero-order valence-electron chi connectivity index (χ0n) is 27.6. The Labute approximate surface area is 283 Å². The van der Waals surface area contributed by atoms with E-state index in [0.717, 1.165) is 33.5 Å². The fourth-order valence-electron chi connectivity index (χ4n) is 5.81. The van der Waals surface area contributed by atoms with Crippen molar-refractivity contribution in [1.82, 2.24) is 19.3 Å². The molecular formula is C34H42N8O3S2. The van der Waals surface area contributed by atoms with Gasteiger partial charge in [0.25, 0.3) is 0 Å². The summed E-state index contributed by atoms with van der Waals surface area (Å²) in [6, 6.07) is 13.7. The van der Waals surface area contributed by atoms with E-state index >= 15 is 0 Å². The molecule has 0 radical (unpaired) electrons. The second-order valence-electron chi connectivity index (χ2n) is 12.0. The summed E-state index contributed by atoms with van der Waals surface area (Å²) in [5.74, 6) is 6.04. The first kappa shape index (κ1) is 34.3. The first-order chi connectivity index (χ1) is 22.5. The number of nitrogens with one attached hydrogen (secondary N) is 1. The van der Waals surface area contributed by atoms with Crippen LogP contribution >= 0.6 is 11.8 Å². The molecule has 2 unspecified atom stereocenters. The number of aryl methyl sites for hydroxylation is 1. The normalized spacial score (nSPS) is 15.7. The molecule has 248 valence electrons. The molecule has 0 saturated heterocycles. The monoisotopic (exact) mass is 674 g/mol. The van der Waals surface area contributed by atoms with Crippen molar-refractivity contribution in [3.8, 4) is 5.88 Å². The lowest BCUT2D eigenvalue weighted by Crippen LogP contribution is -2.38. The number of hydrazine groups is 1. The number of rotatable bonds is 10. The summed E-state index contributed by atoms with van der Waals surface area (Å²) < 4.78 is 21.4. The number of nitrogen functional groups attached to an aromatic ring is 1. The summed E-state index contributed by atoms with van der Waals surface area (Å²) in [6.07, 6.45) is 6.76. The Hall–Kier alpha value is -4.04. The molecule has 4 aromatic rings. The maximum Gasteiger partial charge on any atom is 0.231 e. The summed E-state index contributed by atoms with van der Waals surface area (Å²) in [4.78, 5) is 27.6. The van der Waals surface area contributed by atoms with Gasteiger partial charge in [0.15, 0.2) is 5.16 Å². The number of nitrogens with zero attached hydrogens (tertiary/aromatic N) is 5. The molecule has 0 spiro atoms. The zero-order chi connectivity index (χ0) is 33.9. The van der Waals surface area contributed by atoms with Gasteiger partial charge < -0.3 is 20.8 Å². The van der Waals surface area contributed by atoms with Gasteiger partial charge in [0.05, 0.1) is 34.9 Å². The highest BCUT2D eigenvalue weighted by molar-refractivity contribution is 7.98. The molecule has 1 aliphatic heterocycles. The molecule has 2 atom stereocenters. The largest absolute Gasteiger partial charge is 0.475 e. The van der Waals surface area contributed by atoms with Gasteiger partial charge in [0.1, 0.15) is 22.5 Å². The minimum absolute atomic E-state index is 0.198. The Bertz CT molecular complexity index is 1780. The topological polar surface area (TPSA) is 153 Å². The predicted octanol–water partition coefficient (Wildman–Crippen LogP) is 5.21. The number of aromatic nitrogens is 3. The number of hydrogen-bond acceptors (Lipinski definition) is 10. The molecule has 3 heterocycles. The van der Waals surface area contributed by atoms with E-state index in [1.165, 1.54) is 11.8 Å². The summed E-state index contributed by atoms with van der Waals surface area (Å²) >= 11 is 1.43. The number of benzene rings is 2. The molecule has 11 nitrogen and oxygen atoms in total. The van der Waals surface area contributed by atoms with Crippen molar-refractivity contribution in [2.75, 3.05) is 42.0 Å². The maximum absolute atomic E-state index is 14.2. The van der Waals surface area contributed by atoms with Crippen molar-refractivity contribution in [2.24, 2.45) is 11.3 Å². The minimum Gasteiger partial charge on any atom is -0.475 e. The van der Waals surface area contributed by atoms with E-state index in [4.69, 9.17) is 16.3 Å². The predicted molar refractivity (Wildman–Crippen MR) is 189 cm³/mol. The molecule has 1 amide bonds. The van der Waals surface area contributed by atoms with Crippen molar-refractivity contribution < 1.29 is 13.7 Å². The van der Waals surface area contributed by atoms with Crippen molar-refractivity contribution in [3.05, 3.63) is 88.9 Å². The van der Waals surface area contributed by atoms with Crippen LogP contribution in [0.5, 0.6) is 5.88 Å². The first-order valence-electron chi connectivity index (χ1n) is 15.4. The van der Waals surface area contributed by atoms with Gasteiger partial charge in [-0.05, 0) is 73.0 Å². The number of hydrogen-bond donors (Lipinski definition) is 3. The minimum atomic E-state index is -1.46. The van der Waals surface area contributed by atoms with Gasteiger partial charge in [0, 0.05) is 31.7 Å². The standard InChI is InChI=1S/C34H42N8O3S2/c1-7-42(36)27-13-12-26(22(3)30(27)35)29(34(4,5)32(43)40-25-18-38-33(46-6)39-19-25)23-11-10-21(2)24(17-23)20-41-15-16-45-31-28(47(41)44)9-8-14-37-31/h8-14,17-19,29H,7,15-16,20,35-36H2,1-6H3,(H,40,43). The third-order valence-corrected chi connectivity index (χ3v) is 10.7. The van der Waals surface area contributed by atoms with Crippen LogP contribution in [-0.2, 0) is 22.3 Å². The van der Waals surface area contributed by atoms with E-state index in [-0.39, 0.29) is 5.91 Å². The van der Waals surface area contributed by atoms with Gasteiger partial charge in [-0.2, -0.15) is 0 Å². The van der Waals surface area contributed by atoms with Gasteiger partial charge in [-0.15, -0.1) is 0 Å². The number of anilines is 3. The third-order valence-electron chi connectivity index (χ3n) is 8.66. The molecule has 5 N–H and O–H groups in total.